The molecule has 0 saturated carbocycles. The van der Waals surface area contributed by atoms with E-state index in [1.807, 2.05) is 49.1 Å². The van der Waals surface area contributed by atoms with Gasteiger partial charge in [0.2, 0.25) is 0 Å². The molecule has 4 aliphatic rings. The van der Waals surface area contributed by atoms with Crippen LogP contribution in [0.25, 0.3) is 67.8 Å². The van der Waals surface area contributed by atoms with E-state index in [1.54, 1.807) is 0 Å². The van der Waals surface area contributed by atoms with E-state index in [0.717, 1.165) is 96.9 Å². The van der Waals surface area contributed by atoms with Crippen LogP contribution < -0.4 is 0 Å². The van der Waals surface area contributed by atoms with Crippen LogP contribution in [-0.2, 0) is 51.4 Å². The maximum absolute atomic E-state index is 5.41. The fourth-order valence-corrected chi connectivity index (χ4v) is 9.07. The average Bonchev–Trinajstić information content (AvgIpc) is 3.19. The Morgan fingerprint density at radius 2 is 0.640 bits per heavy atom. The summed E-state index contributed by atoms with van der Waals surface area (Å²) in [7, 11) is 0. The van der Waals surface area contributed by atoms with Crippen molar-refractivity contribution < 1.29 is 0 Å². The lowest BCUT2D eigenvalue weighted by molar-refractivity contribution is 0.876. The average molecular weight is 645 g/mol. The maximum Gasteiger partial charge on any atom is 0.0935 e. The number of pyridine rings is 6. The molecule has 238 valence electrons. The molecule has 0 aliphatic heterocycles. The van der Waals surface area contributed by atoms with Crippen molar-refractivity contribution in [1.29, 1.82) is 0 Å². The molecule has 0 bridgehead atoms. The van der Waals surface area contributed by atoms with Crippen molar-refractivity contribution in [1.82, 2.24) is 29.9 Å². The van der Waals surface area contributed by atoms with Crippen LogP contribution in [0.5, 0.6) is 0 Å². The number of aryl methyl sites for hydroxylation is 4. The van der Waals surface area contributed by atoms with Gasteiger partial charge >= 0.3 is 0 Å². The topological polar surface area (TPSA) is 77.3 Å². The van der Waals surface area contributed by atoms with E-state index in [4.69, 9.17) is 29.9 Å². The second kappa shape index (κ2) is 10.8. The molecule has 0 amide bonds. The van der Waals surface area contributed by atoms with Crippen molar-refractivity contribution in [3.63, 3.8) is 0 Å². The first-order valence-corrected chi connectivity index (χ1v) is 17.8. The van der Waals surface area contributed by atoms with Crippen molar-refractivity contribution in [3.05, 3.63) is 142 Å². The van der Waals surface area contributed by atoms with Gasteiger partial charge in [-0.05, 0) is 148 Å². The largest absolute Gasteiger partial charge is 0.254 e. The minimum atomic E-state index is 0.938. The molecule has 0 radical (unpaired) electrons. The number of aromatic nitrogens is 6. The van der Waals surface area contributed by atoms with Gasteiger partial charge in [0, 0.05) is 24.8 Å². The summed E-state index contributed by atoms with van der Waals surface area (Å²) in [6.07, 6.45) is 15.2. The summed E-state index contributed by atoms with van der Waals surface area (Å²) in [4.78, 5) is 30.4. The molecule has 0 N–H and O–H groups in total. The van der Waals surface area contributed by atoms with Gasteiger partial charge < -0.3 is 0 Å². The van der Waals surface area contributed by atoms with Gasteiger partial charge in [0.1, 0.15) is 0 Å². The molecule has 0 fully saturated rings. The first-order chi connectivity index (χ1) is 24.8. The number of rotatable bonds is 2. The molecule has 0 saturated heterocycles. The molecule has 0 unspecified atom stereocenters. The van der Waals surface area contributed by atoms with Gasteiger partial charge in [-0.15, -0.1) is 0 Å². The Bertz CT molecular complexity index is 2250. The molecular weight excluding hydrogens is 613 g/mol. The minimum absolute atomic E-state index is 0.938. The van der Waals surface area contributed by atoms with Crippen molar-refractivity contribution in [2.75, 3.05) is 0 Å². The predicted octanol–water partition coefficient (Wildman–Crippen LogP) is 8.45. The third-order valence-electron chi connectivity index (χ3n) is 11.3. The van der Waals surface area contributed by atoms with Crippen LogP contribution in [0.1, 0.15) is 44.5 Å². The summed E-state index contributed by atoms with van der Waals surface area (Å²) in [5.41, 5.74) is 23.4. The van der Waals surface area contributed by atoms with E-state index in [0.29, 0.717) is 0 Å². The lowest BCUT2D eigenvalue weighted by Crippen LogP contribution is -2.16. The molecule has 6 heteroatoms. The third-order valence-corrected chi connectivity index (χ3v) is 11.3. The Balaban J connectivity index is 1.18. The summed E-state index contributed by atoms with van der Waals surface area (Å²) < 4.78 is 0. The number of benzene rings is 1. The maximum atomic E-state index is 5.41. The van der Waals surface area contributed by atoms with E-state index in [9.17, 15) is 0 Å². The molecule has 6 aromatic heterocycles. The van der Waals surface area contributed by atoms with Crippen molar-refractivity contribution >= 4 is 0 Å². The molecule has 50 heavy (non-hydrogen) atoms. The van der Waals surface area contributed by atoms with Crippen LogP contribution in [0.4, 0.5) is 0 Å². The molecule has 1 aromatic carbocycles. The van der Waals surface area contributed by atoms with Gasteiger partial charge in [-0.3, -0.25) is 19.9 Å². The second-order valence-corrected chi connectivity index (χ2v) is 13.9. The zero-order valence-electron chi connectivity index (χ0n) is 27.6. The third kappa shape index (κ3) is 4.08. The predicted molar refractivity (Wildman–Crippen MR) is 195 cm³/mol. The van der Waals surface area contributed by atoms with Gasteiger partial charge in [0.15, 0.2) is 0 Å². The molecule has 4 aliphatic carbocycles. The highest BCUT2D eigenvalue weighted by atomic mass is 14.9. The number of hydrogen-bond donors (Lipinski definition) is 0. The molecule has 0 atom stereocenters. The van der Waals surface area contributed by atoms with E-state index >= 15 is 0 Å². The Morgan fingerprint density at radius 1 is 0.320 bits per heavy atom. The number of fused-ring (bicyclic) bond motifs is 12. The fourth-order valence-electron chi connectivity index (χ4n) is 9.07. The number of nitrogens with zero attached hydrogens (tertiary/aromatic N) is 6. The van der Waals surface area contributed by atoms with Gasteiger partial charge in [-0.1, -0.05) is 42.5 Å². The first-order valence-electron chi connectivity index (χ1n) is 17.8. The summed E-state index contributed by atoms with van der Waals surface area (Å²) in [6, 6.07) is 26.3. The SMILES string of the molecule is c1cc(-c2c3c(nc4c2CCc2cccnc2-4)-c2ncccc2CC3)cc(-c2c3c(nc4c2CCc2cccnc2-4)-c2ncccc2CC3)c1. The van der Waals surface area contributed by atoms with Crippen molar-refractivity contribution in [3.8, 4) is 67.8 Å². The Labute approximate surface area is 290 Å². The van der Waals surface area contributed by atoms with Crippen LogP contribution >= 0.6 is 0 Å². The highest BCUT2D eigenvalue weighted by molar-refractivity contribution is 5.91. The first kappa shape index (κ1) is 28.0. The van der Waals surface area contributed by atoms with E-state index in [2.05, 4.69) is 48.5 Å². The zero-order valence-corrected chi connectivity index (χ0v) is 27.6. The summed E-state index contributed by atoms with van der Waals surface area (Å²) in [6.45, 7) is 0. The normalized spacial score (nSPS) is 14.6. The molecule has 6 nitrogen and oxygen atoms in total. The van der Waals surface area contributed by atoms with E-state index in [1.165, 1.54) is 66.8 Å². The van der Waals surface area contributed by atoms with Gasteiger partial charge in [-0.25, -0.2) is 9.97 Å². The Kier molecular flexibility index (Phi) is 6.06. The monoisotopic (exact) mass is 644 g/mol. The molecule has 0 spiro atoms. The lowest BCUT2D eigenvalue weighted by atomic mass is 9.78. The van der Waals surface area contributed by atoms with E-state index in [-0.39, 0.29) is 0 Å². The summed E-state index contributed by atoms with van der Waals surface area (Å²) >= 11 is 0. The number of hydrogen-bond acceptors (Lipinski definition) is 6. The standard InChI is InChI=1S/C44H32N6/c1-6-29(35-31-16-12-25-8-2-20-45-37(25)41(31)49-42-32(35)17-13-26-9-3-21-46-38(26)42)24-30(7-1)36-33-18-14-27-10-4-22-47-39(27)43(33)50-44-34(36)19-15-28-11-5-23-48-40(28)44/h1-11,20-24H,12-19H2. The van der Waals surface area contributed by atoms with Gasteiger partial charge in [0.25, 0.3) is 0 Å². The smallest absolute Gasteiger partial charge is 0.0935 e. The van der Waals surface area contributed by atoms with Gasteiger partial charge in [-0.2, -0.15) is 0 Å². The zero-order chi connectivity index (χ0) is 32.8. The minimum Gasteiger partial charge on any atom is -0.254 e. The van der Waals surface area contributed by atoms with Crippen LogP contribution in [0.15, 0.2) is 97.6 Å². The van der Waals surface area contributed by atoms with Crippen LogP contribution in [-0.4, -0.2) is 29.9 Å². The Hall–Kier alpha value is -5.88. The van der Waals surface area contributed by atoms with Crippen LogP contribution in [0, 0.1) is 0 Å². The molecular formula is C44H32N6. The van der Waals surface area contributed by atoms with Gasteiger partial charge in [0.05, 0.1) is 45.6 Å². The van der Waals surface area contributed by atoms with Crippen molar-refractivity contribution in [2.24, 2.45) is 0 Å². The summed E-state index contributed by atoms with van der Waals surface area (Å²) in [5.74, 6) is 0. The second-order valence-electron chi connectivity index (χ2n) is 13.9. The quantitative estimate of drug-likeness (QED) is 0.188. The summed E-state index contributed by atoms with van der Waals surface area (Å²) in [5, 5.41) is 0. The van der Waals surface area contributed by atoms with Crippen LogP contribution in [0.3, 0.4) is 0 Å². The van der Waals surface area contributed by atoms with E-state index < -0.39 is 0 Å². The molecule has 7 aromatic rings. The fraction of sp³-hybridized carbons (Fsp3) is 0.182. The highest BCUT2D eigenvalue weighted by Crippen LogP contribution is 2.48. The van der Waals surface area contributed by atoms with Crippen LogP contribution in [0.2, 0.25) is 0 Å². The van der Waals surface area contributed by atoms with Crippen molar-refractivity contribution in [2.45, 2.75) is 51.4 Å². The molecule has 11 rings (SSSR count). The highest BCUT2D eigenvalue weighted by Gasteiger charge is 2.32. The Morgan fingerprint density at radius 3 is 0.960 bits per heavy atom. The lowest BCUT2D eigenvalue weighted by Gasteiger charge is -2.29. The molecule has 6 heterocycles.